The zero-order valence-corrected chi connectivity index (χ0v) is 12.5. The predicted molar refractivity (Wildman–Crippen MR) is 79.9 cm³/mol. The van der Waals surface area contributed by atoms with Crippen LogP contribution in [0.4, 0.5) is 0 Å². The molecule has 2 rings (SSSR count). The summed E-state index contributed by atoms with van der Waals surface area (Å²) in [5, 5.41) is 3.61. The van der Waals surface area contributed by atoms with Crippen LogP contribution in [0.15, 0.2) is 0 Å². The lowest BCUT2D eigenvalue weighted by Crippen LogP contribution is -2.21. The van der Waals surface area contributed by atoms with Crippen LogP contribution in [0.2, 0.25) is 0 Å². The fraction of sp³-hybridized carbons (Fsp3) is 1.00. The van der Waals surface area contributed by atoms with Crippen molar-refractivity contribution in [1.29, 1.82) is 0 Å². The van der Waals surface area contributed by atoms with E-state index in [0.717, 1.165) is 11.3 Å². The minimum absolute atomic E-state index is 0.765. The van der Waals surface area contributed by atoms with E-state index >= 15 is 0 Å². The van der Waals surface area contributed by atoms with Gasteiger partial charge < -0.3 is 5.32 Å². The number of hydrogen-bond donors (Lipinski definition) is 1. The van der Waals surface area contributed by atoms with Crippen molar-refractivity contribution in [3.05, 3.63) is 0 Å². The lowest BCUT2D eigenvalue weighted by atomic mass is 9.73. The van der Waals surface area contributed by atoms with Gasteiger partial charge in [-0.15, -0.1) is 0 Å². The molecule has 1 saturated carbocycles. The molecule has 1 heteroatoms. The average molecular weight is 251 g/mol. The standard InChI is InChI=1S/C17H33N/c1-16-9-8-14-18-13-7-3-2-4-10-17(15-16)11-5-6-12-17/h16,18H,2-15H2,1H3. The van der Waals surface area contributed by atoms with E-state index in [1.54, 1.807) is 0 Å². The summed E-state index contributed by atoms with van der Waals surface area (Å²) in [6.45, 7) is 5.00. The second-order valence-corrected chi connectivity index (χ2v) is 7.07. The normalized spacial score (nSPS) is 31.5. The summed E-state index contributed by atoms with van der Waals surface area (Å²) in [5.41, 5.74) is 0.765. The molecule has 1 nitrogen and oxygen atoms in total. The van der Waals surface area contributed by atoms with Gasteiger partial charge in [-0.25, -0.2) is 0 Å². The molecule has 0 amide bonds. The molecule has 1 aliphatic heterocycles. The van der Waals surface area contributed by atoms with E-state index in [1.165, 1.54) is 90.1 Å². The van der Waals surface area contributed by atoms with Gasteiger partial charge in [-0.3, -0.25) is 0 Å². The van der Waals surface area contributed by atoms with Gasteiger partial charge in [0, 0.05) is 0 Å². The summed E-state index contributed by atoms with van der Waals surface area (Å²) in [7, 11) is 0. The zero-order valence-electron chi connectivity index (χ0n) is 12.5. The molecular formula is C17H33N. The molecule has 2 fully saturated rings. The van der Waals surface area contributed by atoms with E-state index in [0.29, 0.717) is 0 Å². The van der Waals surface area contributed by atoms with Crippen LogP contribution >= 0.6 is 0 Å². The Morgan fingerprint density at radius 2 is 1.39 bits per heavy atom. The Bertz CT molecular complexity index is 218. The minimum atomic E-state index is 0.765. The maximum absolute atomic E-state index is 3.61. The molecule has 2 aliphatic rings. The molecule has 1 heterocycles. The SMILES string of the molecule is CC1CCCNCCCCCCC2(CCCC2)C1. The zero-order chi connectivity index (χ0) is 12.7. The van der Waals surface area contributed by atoms with Crippen LogP contribution in [0.1, 0.15) is 84.0 Å². The molecule has 18 heavy (non-hydrogen) atoms. The maximum Gasteiger partial charge on any atom is -0.00488 e. The first kappa shape index (κ1) is 14.4. The van der Waals surface area contributed by atoms with Crippen molar-refractivity contribution >= 4 is 0 Å². The van der Waals surface area contributed by atoms with E-state index in [4.69, 9.17) is 0 Å². The molecule has 0 aromatic heterocycles. The van der Waals surface area contributed by atoms with Gasteiger partial charge in [0.25, 0.3) is 0 Å². The molecular weight excluding hydrogens is 218 g/mol. The topological polar surface area (TPSA) is 12.0 Å². The monoisotopic (exact) mass is 251 g/mol. The predicted octanol–water partition coefficient (Wildman–Crippen LogP) is 4.91. The molecule has 1 N–H and O–H groups in total. The van der Waals surface area contributed by atoms with E-state index in [9.17, 15) is 0 Å². The van der Waals surface area contributed by atoms with Crippen LogP contribution in [0.5, 0.6) is 0 Å². The van der Waals surface area contributed by atoms with Gasteiger partial charge in [0.2, 0.25) is 0 Å². The second-order valence-electron chi connectivity index (χ2n) is 7.07. The Morgan fingerprint density at radius 3 is 2.17 bits per heavy atom. The molecule has 1 saturated heterocycles. The number of hydrogen-bond acceptors (Lipinski definition) is 1. The third-order valence-corrected chi connectivity index (χ3v) is 5.31. The van der Waals surface area contributed by atoms with Gasteiger partial charge >= 0.3 is 0 Å². The highest BCUT2D eigenvalue weighted by molar-refractivity contribution is 4.86. The smallest absolute Gasteiger partial charge is 0.00488 e. The number of rotatable bonds is 0. The average Bonchev–Trinajstić information content (AvgIpc) is 2.80. The first-order chi connectivity index (χ1) is 8.81. The van der Waals surface area contributed by atoms with Crippen LogP contribution in [0, 0.1) is 11.3 Å². The summed E-state index contributed by atoms with van der Waals surface area (Å²) in [4.78, 5) is 0. The molecule has 1 unspecified atom stereocenters. The van der Waals surface area contributed by atoms with Crippen molar-refractivity contribution in [1.82, 2.24) is 5.32 Å². The molecule has 0 aromatic rings. The van der Waals surface area contributed by atoms with Gasteiger partial charge in [0.1, 0.15) is 0 Å². The van der Waals surface area contributed by atoms with Crippen molar-refractivity contribution < 1.29 is 0 Å². The Hall–Kier alpha value is -0.0400. The van der Waals surface area contributed by atoms with Crippen LogP contribution in [-0.4, -0.2) is 13.1 Å². The second kappa shape index (κ2) is 7.53. The van der Waals surface area contributed by atoms with E-state index < -0.39 is 0 Å². The minimum Gasteiger partial charge on any atom is -0.317 e. The van der Waals surface area contributed by atoms with Crippen molar-refractivity contribution in [2.75, 3.05) is 13.1 Å². The van der Waals surface area contributed by atoms with Gasteiger partial charge in [0.05, 0.1) is 0 Å². The van der Waals surface area contributed by atoms with Crippen molar-refractivity contribution in [2.45, 2.75) is 84.0 Å². The highest BCUT2D eigenvalue weighted by Crippen LogP contribution is 2.47. The van der Waals surface area contributed by atoms with Gasteiger partial charge in [-0.05, 0) is 69.4 Å². The summed E-state index contributed by atoms with van der Waals surface area (Å²) < 4.78 is 0. The molecule has 0 radical (unpaired) electrons. The third kappa shape index (κ3) is 4.57. The van der Waals surface area contributed by atoms with Gasteiger partial charge in [0.15, 0.2) is 0 Å². The fourth-order valence-electron chi connectivity index (χ4n) is 4.33. The molecule has 1 spiro atoms. The largest absolute Gasteiger partial charge is 0.317 e. The summed E-state index contributed by atoms with van der Waals surface area (Å²) in [6, 6.07) is 0. The number of nitrogens with one attached hydrogen (secondary N) is 1. The van der Waals surface area contributed by atoms with E-state index in [-0.39, 0.29) is 0 Å². The van der Waals surface area contributed by atoms with Gasteiger partial charge in [-0.2, -0.15) is 0 Å². The summed E-state index contributed by atoms with van der Waals surface area (Å²) in [6.07, 6.45) is 17.8. The molecule has 0 aromatic carbocycles. The first-order valence-corrected chi connectivity index (χ1v) is 8.52. The Morgan fingerprint density at radius 1 is 0.778 bits per heavy atom. The van der Waals surface area contributed by atoms with Crippen molar-refractivity contribution in [2.24, 2.45) is 11.3 Å². The van der Waals surface area contributed by atoms with Crippen LogP contribution in [0.25, 0.3) is 0 Å². The van der Waals surface area contributed by atoms with Crippen LogP contribution in [-0.2, 0) is 0 Å². The summed E-state index contributed by atoms with van der Waals surface area (Å²) in [5.74, 6) is 0.950. The molecule has 1 aliphatic carbocycles. The van der Waals surface area contributed by atoms with E-state index in [1.807, 2.05) is 0 Å². The Kier molecular flexibility index (Phi) is 6.01. The van der Waals surface area contributed by atoms with Crippen LogP contribution < -0.4 is 5.32 Å². The fourth-order valence-corrected chi connectivity index (χ4v) is 4.33. The van der Waals surface area contributed by atoms with E-state index in [2.05, 4.69) is 12.2 Å². The Labute approximate surface area is 114 Å². The van der Waals surface area contributed by atoms with Crippen LogP contribution in [0.3, 0.4) is 0 Å². The highest BCUT2D eigenvalue weighted by atomic mass is 14.8. The van der Waals surface area contributed by atoms with Crippen molar-refractivity contribution in [3.8, 4) is 0 Å². The quantitative estimate of drug-likeness (QED) is 0.645. The molecule has 1 atom stereocenters. The molecule has 0 bridgehead atoms. The van der Waals surface area contributed by atoms with Crippen molar-refractivity contribution in [3.63, 3.8) is 0 Å². The third-order valence-electron chi connectivity index (χ3n) is 5.31. The Balaban J connectivity index is 1.87. The maximum atomic E-state index is 3.61. The molecule has 106 valence electrons. The lowest BCUT2D eigenvalue weighted by Gasteiger charge is -2.32. The first-order valence-electron chi connectivity index (χ1n) is 8.52. The van der Waals surface area contributed by atoms with Gasteiger partial charge in [-0.1, -0.05) is 39.0 Å². The summed E-state index contributed by atoms with van der Waals surface area (Å²) >= 11 is 0. The lowest BCUT2D eigenvalue weighted by molar-refractivity contribution is 0.195. The highest BCUT2D eigenvalue weighted by Gasteiger charge is 2.34.